The number of rotatable bonds is 13. The minimum Gasteiger partial charge on any atom is -0.497 e. The average Bonchev–Trinajstić information content (AvgIpc) is 3.28. The highest BCUT2D eigenvalue weighted by Gasteiger charge is 2.46. The molecule has 3 aromatic carbocycles. The van der Waals surface area contributed by atoms with Crippen LogP contribution in [0.4, 0.5) is 0 Å². The average molecular weight is 523 g/mol. The molecule has 1 heterocycles. The number of methoxy groups -OCH3 is 4. The highest BCUT2D eigenvalue weighted by molar-refractivity contribution is 5.49. The quantitative estimate of drug-likeness (QED) is 0.235. The van der Waals surface area contributed by atoms with E-state index in [0.717, 1.165) is 28.2 Å². The van der Waals surface area contributed by atoms with Crippen LogP contribution in [0.3, 0.4) is 0 Å². The predicted octanol–water partition coefficient (Wildman–Crippen LogP) is 4.85. The van der Waals surface area contributed by atoms with E-state index in [9.17, 15) is 0 Å². The first kappa shape index (κ1) is 28.1. The van der Waals surface area contributed by atoms with Gasteiger partial charge in [0.05, 0.1) is 40.1 Å². The molecule has 0 aliphatic carbocycles. The van der Waals surface area contributed by atoms with Gasteiger partial charge in [-0.2, -0.15) is 0 Å². The molecule has 3 aromatic rings. The summed E-state index contributed by atoms with van der Waals surface area (Å²) in [6.45, 7) is 3.25. The molecule has 4 rings (SSSR count). The Morgan fingerprint density at radius 1 is 0.684 bits per heavy atom. The van der Waals surface area contributed by atoms with Crippen LogP contribution in [0.2, 0.25) is 0 Å². The summed E-state index contributed by atoms with van der Waals surface area (Å²) in [6, 6.07) is 26.2. The zero-order valence-electron chi connectivity index (χ0n) is 22.8. The monoisotopic (exact) mass is 522 g/mol. The molecular weight excluding hydrogens is 484 g/mol. The molecule has 1 fully saturated rings. The van der Waals surface area contributed by atoms with E-state index in [-0.39, 0.29) is 31.0 Å². The van der Waals surface area contributed by atoms with Crippen molar-refractivity contribution in [2.45, 2.75) is 36.9 Å². The van der Waals surface area contributed by atoms with E-state index in [1.54, 1.807) is 28.4 Å². The lowest BCUT2D eigenvalue weighted by molar-refractivity contribution is -0.0900. The van der Waals surface area contributed by atoms with E-state index in [1.807, 2.05) is 73.7 Å². The molecule has 0 amide bonds. The maximum Gasteiger partial charge on any atom is 0.143 e. The molecule has 0 bridgehead atoms. The van der Waals surface area contributed by atoms with Crippen LogP contribution in [-0.2, 0) is 29.3 Å². The maximum atomic E-state index is 7.01. The van der Waals surface area contributed by atoms with Crippen LogP contribution in [0.25, 0.3) is 0 Å². The topological polar surface area (TPSA) is 64.6 Å². The second-order valence-corrected chi connectivity index (χ2v) is 9.22. The Bertz CT molecular complexity index is 1050. The van der Waals surface area contributed by atoms with Crippen LogP contribution in [0, 0.1) is 0 Å². The number of hydrogen-bond donors (Lipinski definition) is 0. The van der Waals surface area contributed by atoms with Crippen molar-refractivity contribution in [3.8, 4) is 11.5 Å². The van der Waals surface area contributed by atoms with Gasteiger partial charge >= 0.3 is 0 Å². The molecule has 0 N–H and O–H groups in total. The number of ether oxygens (including phenoxy) is 7. The largest absolute Gasteiger partial charge is 0.497 e. The van der Waals surface area contributed by atoms with Gasteiger partial charge in [-0.05, 0) is 47.9 Å². The molecule has 1 aliphatic heterocycles. The van der Waals surface area contributed by atoms with Crippen molar-refractivity contribution < 1.29 is 33.2 Å². The van der Waals surface area contributed by atoms with E-state index in [0.29, 0.717) is 13.2 Å². The summed E-state index contributed by atoms with van der Waals surface area (Å²) in [5.41, 5.74) is 1.98. The third kappa shape index (κ3) is 5.87. The lowest BCUT2D eigenvalue weighted by Crippen LogP contribution is -2.41. The van der Waals surface area contributed by atoms with Gasteiger partial charge < -0.3 is 33.2 Å². The zero-order valence-corrected chi connectivity index (χ0v) is 22.8. The van der Waals surface area contributed by atoms with Crippen LogP contribution in [0.15, 0.2) is 78.9 Å². The standard InChI is InChI=1S/C31H38O7/c1-22-29(36-20-19-32-2)30(35-5)28(38-22)21-37-31(23-9-7-6-8-10-23,24-11-15-26(33-3)16-12-24)25-13-17-27(34-4)18-14-25/h6-18,22,28-30H,19-21H2,1-5H3/t22-,28+,29+,30?/m0/s1. The highest BCUT2D eigenvalue weighted by atomic mass is 16.6. The van der Waals surface area contributed by atoms with Gasteiger partial charge in [0.15, 0.2) is 0 Å². The van der Waals surface area contributed by atoms with Gasteiger partial charge in [-0.1, -0.05) is 54.6 Å². The summed E-state index contributed by atoms with van der Waals surface area (Å²) in [6.07, 6.45) is -1.00. The Morgan fingerprint density at radius 3 is 1.74 bits per heavy atom. The second kappa shape index (κ2) is 13.2. The van der Waals surface area contributed by atoms with Crippen molar-refractivity contribution in [2.24, 2.45) is 0 Å². The van der Waals surface area contributed by atoms with Gasteiger partial charge in [-0.15, -0.1) is 0 Å². The molecule has 7 nitrogen and oxygen atoms in total. The van der Waals surface area contributed by atoms with Crippen LogP contribution < -0.4 is 9.47 Å². The van der Waals surface area contributed by atoms with Crippen molar-refractivity contribution in [3.05, 3.63) is 95.6 Å². The van der Waals surface area contributed by atoms with E-state index in [1.165, 1.54) is 0 Å². The molecule has 0 saturated carbocycles. The first-order valence-electron chi connectivity index (χ1n) is 12.8. The first-order valence-corrected chi connectivity index (χ1v) is 12.8. The lowest BCUT2D eigenvalue weighted by atomic mass is 9.80. The fourth-order valence-corrected chi connectivity index (χ4v) is 5.11. The number of benzene rings is 3. The van der Waals surface area contributed by atoms with E-state index in [4.69, 9.17) is 33.2 Å². The molecular formula is C31H38O7. The fraction of sp³-hybridized carbons (Fsp3) is 0.419. The normalized spacial score (nSPS) is 21.4. The lowest BCUT2D eigenvalue weighted by Gasteiger charge is -2.37. The van der Waals surface area contributed by atoms with E-state index < -0.39 is 5.60 Å². The second-order valence-electron chi connectivity index (χ2n) is 9.22. The third-order valence-electron chi connectivity index (χ3n) is 7.05. The molecule has 1 aliphatic rings. The number of hydrogen-bond acceptors (Lipinski definition) is 7. The van der Waals surface area contributed by atoms with Gasteiger partial charge in [-0.3, -0.25) is 0 Å². The van der Waals surface area contributed by atoms with Crippen LogP contribution >= 0.6 is 0 Å². The van der Waals surface area contributed by atoms with Gasteiger partial charge in [-0.25, -0.2) is 0 Å². The van der Waals surface area contributed by atoms with Gasteiger partial charge in [0.2, 0.25) is 0 Å². The first-order chi connectivity index (χ1) is 18.6. The molecule has 1 saturated heterocycles. The smallest absolute Gasteiger partial charge is 0.143 e. The minimum atomic E-state index is -0.931. The van der Waals surface area contributed by atoms with Crippen molar-refractivity contribution >= 4 is 0 Å². The van der Waals surface area contributed by atoms with Crippen molar-refractivity contribution in [1.29, 1.82) is 0 Å². The predicted molar refractivity (Wildman–Crippen MR) is 145 cm³/mol. The van der Waals surface area contributed by atoms with Crippen LogP contribution in [-0.4, -0.2) is 72.7 Å². The van der Waals surface area contributed by atoms with Crippen molar-refractivity contribution in [3.63, 3.8) is 0 Å². The highest BCUT2D eigenvalue weighted by Crippen LogP contribution is 2.42. The van der Waals surface area contributed by atoms with Crippen LogP contribution in [0.5, 0.6) is 11.5 Å². The Labute approximate surface area is 225 Å². The Kier molecular flexibility index (Phi) is 9.77. The van der Waals surface area contributed by atoms with Gasteiger partial charge in [0.1, 0.15) is 35.4 Å². The summed E-state index contributed by atoms with van der Waals surface area (Å²) in [5.74, 6) is 1.54. The molecule has 4 atom stereocenters. The zero-order chi connectivity index (χ0) is 27.0. The molecule has 204 valence electrons. The summed E-state index contributed by atoms with van der Waals surface area (Å²) in [4.78, 5) is 0. The molecule has 1 unspecified atom stereocenters. The Hall–Kier alpha value is -2.94. The van der Waals surface area contributed by atoms with Crippen molar-refractivity contribution in [2.75, 3.05) is 48.3 Å². The van der Waals surface area contributed by atoms with Gasteiger partial charge in [0.25, 0.3) is 0 Å². The Balaban J connectivity index is 1.74. The molecule has 0 radical (unpaired) electrons. The molecule has 38 heavy (non-hydrogen) atoms. The SMILES string of the molecule is COCCO[C@H]1C(OC)[C@@H](COC(c2ccccc2)(c2ccc(OC)cc2)c2ccc(OC)cc2)O[C@H]1C. The third-order valence-corrected chi connectivity index (χ3v) is 7.05. The summed E-state index contributed by atoms with van der Waals surface area (Å²) in [5, 5.41) is 0. The summed E-state index contributed by atoms with van der Waals surface area (Å²) >= 11 is 0. The van der Waals surface area contributed by atoms with Crippen molar-refractivity contribution in [1.82, 2.24) is 0 Å². The van der Waals surface area contributed by atoms with Crippen LogP contribution in [0.1, 0.15) is 23.6 Å². The van der Waals surface area contributed by atoms with E-state index >= 15 is 0 Å². The Morgan fingerprint density at radius 2 is 1.24 bits per heavy atom. The maximum absolute atomic E-state index is 7.01. The molecule has 0 spiro atoms. The molecule has 7 heteroatoms. The van der Waals surface area contributed by atoms with Gasteiger partial charge in [0, 0.05) is 14.2 Å². The fourth-order valence-electron chi connectivity index (χ4n) is 5.11. The summed E-state index contributed by atoms with van der Waals surface area (Å²) < 4.78 is 41.3. The summed E-state index contributed by atoms with van der Waals surface area (Å²) in [7, 11) is 6.66. The molecule has 0 aromatic heterocycles. The minimum absolute atomic E-state index is 0.154. The van der Waals surface area contributed by atoms with E-state index in [2.05, 4.69) is 12.1 Å².